The molecule has 2 aromatic carbocycles. The van der Waals surface area contributed by atoms with E-state index in [1.165, 1.54) is 0 Å². The highest BCUT2D eigenvalue weighted by molar-refractivity contribution is 6.30. The first-order valence-corrected chi connectivity index (χ1v) is 6.58. The molecule has 0 amide bonds. The van der Waals surface area contributed by atoms with Crippen LogP contribution < -0.4 is 9.47 Å². The molecular weight excluding hydrogens is 283 g/mol. The molecule has 2 nitrogen and oxygen atoms in total. The summed E-state index contributed by atoms with van der Waals surface area (Å²) in [5.41, 5.74) is 1.86. The van der Waals surface area contributed by atoms with E-state index >= 15 is 0 Å². The molecule has 1 unspecified atom stereocenters. The number of hydrogen-bond donors (Lipinski definition) is 0. The average Bonchev–Trinajstić information content (AvgIpc) is 2.46. The van der Waals surface area contributed by atoms with Gasteiger partial charge in [-0.3, -0.25) is 0 Å². The minimum absolute atomic E-state index is 0.293. The Morgan fingerprint density at radius 3 is 2.21 bits per heavy atom. The lowest BCUT2D eigenvalue weighted by Crippen LogP contribution is -1.98. The second kappa shape index (κ2) is 6.18. The van der Waals surface area contributed by atoms with E-state index in [-0.39, 0.29) is 5.38 Å². The highest BCUT2D eigenvalue weighted by atomic mass is 35.5. The number of benzene rings is 2. The van der Waals surface area contributed by atoms with Crippen LogP contribution in [0.4, 0.5) is 0 Å². The van der Waals surface area contributed by atoms with E-state index in [1.54, 1.807) is 14.2 Å². The summed E-state index contributed by atoms with van der Waals surface area (Å²) in [5.74, 6) is 1.44. The SMILES string of the molecule is COc1ccc(C(Cl)c2ccc(Cl)cc2)c(OC)c1. The molecule has 0 N–H and O–H groups in total. The number of hydrogen-bond acceptors (Lipinski definition) is 2. The van der Waals surface area contributed by atoms with Crippen LogP contribution in [-0.4, -0.2) is 14.2 Å². The van der Waals surface area contributed by atoms with Gasteiger partial charge in [0.15, 0.2) is 0 Å². The van der Waals surface area contributed by atoms with Crippen LogP contribution in [0.15, 0.2) is 42.5 Å². The van der Waals surface area contributed by atoms with Crippen molar-refractivity contribution in [1.29, 1.82) is 0 Å². The molecule has 0 fully saturated rings. The van der Waals surface area contributed by atoms with E-state index in [0.29, 0.717) is 10.8 Å². The van der Waals surface area contributed by atoms with Crippen LogP contribution in [0.2, 0.25) is 5.02 Å². The Bertz CT molecular complexity index is 553. The van der Waals surface area contributed by atoms with Gasteiger partial charge in [0.05, 0.1) is 19.6 Å². The van der Waals surface area contributed by atoms with Gasteiger partial charge in [0.1, 0.15) is 11.5 Å². The number of methoxy groups -OCH3 is 2. The Morgan fingerprint density at radius 2 is 1.63 bits per heavy atom. The van der Waals surface area contributed by atoms with Crippen molar-refractivity contribution in [3.05, 3.63) is 58.6 Å². The summed E-state index contributed by atoms with van der Waals surface area (Å²) in [6.07, 6.45) is 0. The monoisotopic (exact) mass is 296 g/mol. The summed E-state index contributed by atoms with van der Waals surface area (Å²) < 4.78 is 10.5. The van der Waals surface area contributed by atoms with Crippen LogP contribution in [0.1, 0.15) is 16.5 Å². The first-order valence-electron chi connectivity index (χ1n) is 5.77. The van der Waals surface area contributed by atoms with Gasteiger partial charge in [0.25, 0.3) is 0 Å². The fourth-order valence-corrected chi connectivity index (χ4v) is 2.29. The molecule has 0 aromatic heterocycles. The molecule has 0 spiro atoms. The summed E-state index contributed by atoms with van der Waals surface area (Å²) >= 11 is 12.4. The Balaban J connectivity index is 2.37. The number of ether oxygens (including phenoxy) is 2. The highest BCUT2D eigenvalue weighted by Crippen LogP contribution is 2.37. The molecule has 100 valence electrons. The van der Waals surface area contributed by atoms with Crippen LogP contribution in [0.3, 0.4) is 0 Å². The Morgan fingerprint density at radius 1 is 0.947 bits per heavy atom. The molecule has 2 rings (SSSR count). The first kappa shape index (κ1) is 14.0. The quantitative estimate of drug-likeness (QED) is 0.762. The minimum Gasteiger partial charge on any atom is -0.497 e. The first-order chi connectivity index (χ1) is 9.15. The molecule has 0 radical (unpaired) electrons. The fraction of sp³-hybridized carbons (Fsp3) is 0.200. The van der Waals surface area contributed by atoms with Crippen LogP contribution in [0.25, 0.3) is 0 Å². The van der Waals surface area contributed by atoms with Crippen molar-refractivity contribution in [2.45, 2.75) is 5.38 Å². The summed E-state index contributed by atoms with van der Waals surface area (Å²) in [6.45, 7) is 0. The third kappa shape index (κ3) is 3.14. The Labute approximate surface area is 122 Å². The van der Waals surface area contributed by atoms with Crippen molar-refractivity contribution in [2.24, 2.45) is 0 Å². The molecule has 2 aromatic rings. The Hall–Kier alpha value is -1.38. The summed E-state index contributed by atoms with van der Waals surface area (Å²) in [6, 6.07) is 13.0. The fourth-order valence-electron chi connectivity index (χ4n) is 1.84. The van der Waals surface area contributed by atoms with Gasteiger partial charge in [-0.1, -0.05) is 23.7 Å². The lowest BCUT2D eigenvalue weighted by molar-refractivity contribution is 0.391. The van der Waals surface area contributed by atoms with E-state index in [0.717, 1.165) is 16.9 Å². The van der Waals surface area contributed by atoms with Crippen LogP contribution in [0, 0.1) is 0 Å². The highest BCUT2D eigenvalue weighted by Gasteiger charge is 2.16. The third-order valence-electron chi connectivity index (χ3n) is 2.88. The summed E-state index contributed by atoms with van der Waals surface area (Å²) in [4.78, 5) is 0. The molecule has 0 bridgehead atoms. The molecule has 0 aliphatic heterocycles. The topological polar surface area (TPSA) is 18.5 Å². The molecule has 0 aliphatic rings. The molecule has 0 saturated carbocycles. The van der Waals surface area contributed by atoms with Crippen molar-refractivity contribution in [2.75, 3.05) is 14.2 Å². The number of halogens is 2. The second-order valence-corrected chi connectivity index (χ2v) is 4.89. The molecule has 0 heterocycles. The van der Waals surface area contributed by atoms with Gasteiger partial charge in [-0.2, -0.15) is 0 Å². The van der Waals surface area contributed by atoms with Crippen LogP contribution >= 0.6 is 23.2 Å². The number of rotatable bonds is 4. The maximum absolute atomic E-state index is 6.50. The lowest BCUT2D eigenvalue weighted by Gasteiger charge is -2.15. The molecule has 0 aliphatic carbocycles. The van der Waals surface area contributed by atoms with Gasteiger partial charge < -0.3 is 9.47 Å². The van der Waals surface area contributed by atoms with Crippen molar-refractivity contribution in [1.82, 2.24) is 0 Å². The zero-order valence-corrected chi connectivity index (χ0v) is 12.2. The summed E-state index contributed by atoms with van der Waals surface area (Å²) in [5, 5.41) is 0.396. The molecule has 0 saturated heterocycles. The normalized spacial score (nSPS) is 12.0. The summed E-state index contributed by atoms with van der Waals surface area (Å²) in [7, 11) is 3.23. The molecule has 1 atom stereocenters. The van der Waals surface area contributed by atoms with Gasteiger partial charge in [-0.15, -0.1) is 11.6 Å². The average molecular weight is 297 g/mol. The zero-order valence-electron chi connectivity index (χ0n) is 10.7. The maximum atomic E-state index is 6.50. The van der Waals surface area contributed by atoms with Crippen molar-refractivity contribution in [3.8, 4) is 11.5 Å². The standard InChI is InChI=1S/C15H14Cl2O2/c1-18-12-7-8-13(14(9-12)19-2)15(17)10-3-5-11(16)6-4-10/h3-9,15H,1-2H3. The smallest absolute Gasteiger partial charge is 0.127 e. The zero-order chi connectivity index (χ0) is 13.8. The van der Waals surface area contributed by atoms with Crippen molar-refractivity contribution in [3.63, 3.8) is 0 Å². The molecule has 19 heavy (non-hydrogen) atoms. The van der Waals surface area contributed by atoms with Gasteiger partial charge in [0.2, 0.25) is 0 Å². The van der Waals surface area contributed by atoms with Gasteiger partial charge >= 0.3 is 0 Å². The number of alkyl halides is 1. The van der Waals surface area contributed by atoms with Crippen molar-refractivity contribution >= 4 is 23.2 Å². The van der Waals surface area contributed by atoms with E-state index in [2.05, 4.69) is 0 Å². The van der Waals surface area contributed by atoms with Crippen LogP contribution in [-0.2, 0) is 0 Å². The van der Waals surface area contributed by atoms with E-state index in [9.17, 15) is 0 Å². The third-order valence-corrected chi connectivity index (χ3v) is 3.62. The van der Waals surface area contributed by atoms with E-state index in [1.807, 2.05) is 42.5 Å². The predicted octanol–water partition coefficient (Wildman–Crippen LogP) is 4.69. The largest absolute Gasteiger partial charge is 0.497 e. The van der Waals surface area contributed by atoms with E-state index < -0.39 is 0 Å². The maximum Gasteiger partial charge on any atom is 0.127 e. The van der Waals surface area contributed by atoms with E-state index in [4.69, 9.17) is 32.7 Å². The van der Waals surface area contributed by atoms with Crippen molar-refractivity contribution < 1.29 is 9.47 Å². The van der Waals surface area contributed by atoms with Crippen LogP contribution in [0.5, 0.6) is 11.5 Å². The van der Waals surface area contributed by atoms with Gasteiger partial charge in [0, 0.05) is 16.7 Å². The second-order valence-electron chi connectivity index (χ2n) is 4.02. The van der Waals surface area contributed by atoms with Gasteiger partial charge in [-0.05, 0) is 29.8 Å². The molecule has 4 heteroatoms. The van der Waals surface area contributed by atoms with Gasteiger partial charge in [-0.25, -0.2) is 0 Å². The lowest BCUT2D eigenvalue weighted by atomic mass is 10.0. The molecular formula is C15H14Cl2O2. The minimum atomic E-state index is -0.293. The predicted molar refractivity (Wildman–Crippen MR) is 78.7 cm³/mol. The Kier molecular flexibility index (Phi) is 4.56.